The van der Waals surface area contributed by atoms with Gasteiger partial charge < -0.3 is 18.9 Å². The average molecular weight is 459 g/mol. The SMILES string of the molecule is COC=C(C(=O)OC)c1ccccc1COc1cc(Cl)c(OCC=C(F)F)c(Cl)c1. The number of benzene rings is 2. The van der Waals surface area contributed by atoms with E-state index in [1.165, 1.54) is 32.6 Å². The number of rotatable bonds is 9. The topological polar surface area (TPSA) is 54.0 Å². The van der Waals surface area contributed by atoms with Crippen LogP contribution in [-0.2, 0) is 20.9 Å². The smallest absolute Gasteiger partial charge is 0.341 e. The van der Waals surface area contributed by atoms with Crippen molar-refractivity contribution in [2.24, 2.45) is 0 Å². The summed E-state index contributed by atoms with van der Waals surface area (Å²) in [7, 11) is 2.70. The van der Waals surface area contributed by atoms with Crippen LogP contribution in [0.1, 0.15) is 11.1 Å². The molecule has 0 aromatic heterocycles. The first-order valence-corrected chi connectivity index (χ1v) is 9.28. The van der Waals surface area contributed by atoms with Crippen LogP contribution >= 0.6 is 23.2 Å². The van der Waals surface area contributed by atoms with Gasteiger partial charge in [-0.05, 0) is 11.1 Å². The van der Waals surface area contributed by atoms with Crippen LogP contribution < -0.4 is 9.47 Å². The van der Waals surface area contributed by atoms with Crippen molar-refractivity contribution in [2.75, 3.05) is 20.8 Å². The Balaban J connectivity index is 2.21. The van der Waals surface area contributed by atoms with E-state index in [9.17, 15) is 13.6 Å². The van der Waals surface area contributed by atoms with E-state index >= 15 is 0 Å². The zero-order valence-corrected chi connectivity index (χ0v) is 17.6. The van der Waals surface area contributed by atoms with Gasteiger partial charge in [0, 0.05) is 18.2 Å². The van der Waals surface area contributed by atoms with Crippen LogP contribution in [0.15, 0.2) is 54.8 Å². The number of hydrogen-bond acceptors (Lipinski definition) is 5. The van der Waals surface area contributed by atoms with Gasteiger partial charge in [0.15, 0.2) is 5.75 Å². The van der Waals surface area contributed by atoms with Crippen LogP contribution in [0.4, 0.5) is 8.78 Å². The van der Waals surface area contributed by atoms with E-state index < -0.39 is 12.0 Å². The van der Waals surface area contributed by atoms with E-state index in [0.717, 1.165) is 0 Å². The van der Waals surface area contributed by atoms with Gasteiger partial charge in [0.05, 0.1) is 30.5 Å². The van der Waals surface area contributed by atoms with Gasteiger partial charge in [-0.3, -0.25) is 0 Å². The summed E-state index contributed by atoms with van der Waals surface area (Å²) >= 11 is 12.3. The quantitative estimate of drug-likeness (QED) is 0.266. The maximum absolute atomic E-state index is 12.1. The molecule has 0 aliphatic carbocycles. The maximum atomic E-state index is 12.1. The zero-order valence-electron chi connectivity index (χ0n) is 16.1. The fraction of sp³-hybridized carbons (Fsp3) is 0.190. The Labute approximate surface area is 182 Å². The number of esters is 1. The van der Waals surface area contributed by atoms with E-state index in [-0.39, 0.29) is 34.6 Å². The molecule has 0 amide bonds. The normalized spacial score (nSPS) is 10.9. The van der Waals surface area contributed by atoms with Crippen molar-refractivity contribution >= 4 is 34.7 Å². The molecular formula is C21H18Cl2F2O5. The molecule has 0 aliphatic rings. The van der Waals surface area contributed by atoms with Crippen molar-refractivity contribution < 1.29 is 32.5 Å². The van der Waals surface area contributed by atoms with Gasteiger partial charge in [-0.1, -0.05) is 47.5 Å². The Bertz CT molecular complexity index is 933. The molecule has 9 heteroatoms. The predicted octanol–water partition coefficient (Wildman–Crippen LogP) is 5.89. The second-order valence-corrected chi connectivity index (χ2v) is 6.54. The lowest BCUT2D eigenvalue weighted by molar-refractivity contribution is -0.133. The number of carbonyl (C=O) groups excluding carboxylic acids is 1. The molecule has 0 heterocycles. The summed E-state index contributed by atoms with van der Waals surface area (Å²) in [5.41, 5.74) is 1.48. The number of hydrogen-bond donors (Lipinski definition) is 0. The summed E-state index contributed by atoms with van der Waals surface area (Å²) < 4.78 is 45.0. The first-order chi connectivity index (χ1) is 14.4. The minimum absolute atomic E-state index is 0.0691. The standard InChI is InChI=1S/C21H18Cl2F2O5/c1-27-12-16(21(26)28-2)15-6-4-3-5-13(15)11-30-14-9-17(22)20(18(23)10-14)29-8-7-19(24)25/h3-7,9-10,12H,8,11H2,1-2H3. The highest BCUT2D eigenvalue weighted by molar-refractivity contribution is 6.37. The monoisotopic (exact) mass is 458 g/mol. The van der Waals surface area contributed by atoms with Crippen LogP contribution in [0, 0.1) is 0 Å². The Morgan fingerprint density at radius 3 is 2.33 bits per heavy atom. The third kappa shape index (κ3) is 6.37. The molecule has 2 rings (SSSR count). The summed E-state index contributed by atoms with van der Waals surface area (Å²) in [5, 5.41) is 0.209. The largest absolute Gasteiger partial charge is 0.503 e. The fourth-order valence-corrected chi connectivity index (χ4v) is 3.04. The van der Waals surface area contributed by atoms with Crippen LogP contribution in [0.25, 0.3) is 5.57 Å². The van der Waals surface area contributed by atoms with Gasteiger partial charge in [-0.25, -0.2) is 4.79 Å². The van der Waals surface area contributed by atoms with Crippen molar-refractivity contribution in [3.05, 3.63) is 76.0 Å². The molecule has 0 saturated heterocycles. The molecule has 0 aliphatic heterocycles. The highest BCUT2D eigenvalue weighted by Gasteiger charge is 2.17. The first-order valence-electron chi connectivity index (χ1n) is 8.52. The summed E-state index contributed by atoms with van der Waals surface area (Å²) in [4.78, 5) is 12.1. The third-order valence-corrected chi connectivity index (χ3v) is 4.34. The van der Waals surface area contributed by atoms with Crippen LogP contribution in [0.5, 0.6) is 11.5 Å². The minimum Gasteiger partial charge on any atom is -0.503 e. The second-order valence-electron chi connectivity index (χ2n) is 5.73. The molecule has 0 fully saturated rings. The minimum atomic E-state index is -1.87. The maximum Gasteiger partial charge on any atom is 0.341 e. The van der Waals surface area contributed by atoms with E-state index in [2.05, 4.69) is 0 Å². The van der Waals surface area contributed by atoms with E-state index in [1.54, 1.807) is 24.3 Å². The Hall–Kier alpha value is -2.77. The zero-order chi connectivity index (χ0) is 22.1. The molecule has 0 N–H and O–H groups in total. The lowest BCUT2D eigenvalue weighted by Crippen LogP contribution is -2.08. The molecule has 0 bridgehead atoms. The van der Waals surface area contributed by atoms with Crippen LogP contribution in [0.2, 0.25) is 10.0 Å². The van der Waals surface area contributed by atoms with Gasteiger partial charge in [0.25, 0.3) is 6.08 Å². The van der Waals surface area contributed by atoms with Crippen molar-refractivity contribution in [1.82, 2.24) is 0 Å². The molecule has 0 saturated carbocycles. The van der Waals surface area contributed by atoms with Crippen molar-refractivity contribution in [3.8, 4) is 11.5 Å². The number of carbonyl (C=O) groups is 1. The summed E-state index contributed by atoms with van der Waals surface area (Å²) in [6.45, 7) is -0.297. The highest BCUT2D eigenvalue weighted by Crippen LogP contribution is 2.37. The molecule has 2 aromatic rings. The van der Waals surface area contributed by atoms with E-state index in [1.807, 2.05) is 0 Å². The van der Waals surface area contributed by atoms with Crippen molar-refractivity contribution in [2.45, 2.75) is 6.61 Å². The van der Waals surface area contributed by atoms with Crippen molar-refractivity contribution in [3.63, 3.8) is 0 Å². The third-order valence-electron chi connectivity index (χ3n) is 3.78. The molecule has 0 unspecified atom stereocenters. The average Bonchev–Trinajstić information content (AvgIpc) is 2.72. The van der Waals surface area contributed by atoms with Gasteiger partial charge >= 0.3 is 5.97 Å². The Morgan fingerprint density at radius 2 is 1.73 bits per heavy atom. The number of halogens is 4. The van der Waals surface area contributed by atoms with Gasteiger partial charge in [-0.2, -0.15) is 8.78 Å². The molecule has 0 radical (unpaired) electrons. The molecular weight excluding hydrogens is 441 g/mol. The fourth-order valence-electron chi connectivity index (χ4n) is 2.47. The van der Waals surface area contributed by atoms with E-state index in [0.29, 0.717) is 23.0 Å². The lowest BCUT2D eigenvalue weighted by atomic mass is 10.0. The molecule has 0 spiro atoms. The molecule has 2 aromatic carbocycles. The van der Waals surface area contributed by atoms with Crippen LogP contribution in [-0.4, -0.2) is 26.8 Å². The first kappa shape index (κ1) is 23.5. The number of ether oxygens (including phenoxy) is 4. The highest BCUT2D eigenvalue weighted by atomic mass is 35.5. The Morgan fingerprint density at radius 1 is 1.07 bits per heavy atom. The van der Waals surface area contributed by atoms with Crippen LogP contribution in [0.3, 0.4) is 0 Å². The molecule has 5 nitrogen and oxygen atoms in total. The second kappa shape index (κ2) is 11.4. The summed E-state index contributed by atoms with van der Waals surface area (Å²) in [6, 6.07) is 9.97. The molecule has 30 heavy (non-hydrogen) atoms. The molecule has 160 valence electrons. The lowest BCUT2D eigenvalue weighted by Gasteiger charge is -2.14. The van der Waals surface area contributed by atoms with E-state index in [4.69, 9.17) is 42.1 Å². The van der Waals surface area contributed by atoms with Crippen molar-refractivity contribution in [1.29, 1.82) is 0 Å². The van der Waals surface area contributed by atoms with Gasteiger partial charge in [0.2, 0.25) is 0 Å². The van der Waals surface area contributed by atoms with Gasteiger partial charge in [-0.15, -0.1) is 0 Å². The molecule has 0 atom stereocenters. The van der Waals surface area contributed by atoms with Gasteiger partial charge in [0.1, 0.15) is 24.5 Å². The summed E-state index contributed by atoms with van der Waals surface area (Å²) in [6.07, 6.45) is 0.0225. The summed E-state index contributed by atoms with van der Waals surface area (Å²) in [5.74, 6) is -0.162. The Kier molecular flexibility index (Phi) is 8.95. The number of methoxy groups -OCH3 is 2. The predicted molar refractivity (Wildman–Crippen MR) is 110 cm³/mol.